The molecule has 21 heavy (non-hydrogen) atoms. The summed E-state index contributed by atoms with van der Waals surface area (Å²) >= 11 is 0. The van der Waals surface area contributed by atoms with E-state index in [1.807, 2.05) is 24.3 Å². The predicted octanol–water partition coefficient (Wildman–Crippen LogP) is 2.97. The molecule has 0 aliphatic carbocycles. The number of carbonyl (C=O) groups excluding carboxylic acids is 1. The van der Waals surface area contributed by atoms with E-state index in [2.05, 4.69) is 17.6 Å². The molecule has 2 aromatic rings. The van der Waals surface area contributed by atoms with Crippen LogP contribution in [0.5, 0.6) is 0 Å². The van der Waals surface area contributed by atoms with Gasteiger partial charge in [0.25, 0.3) is 5.91 Å². The molecular formula is C16H21ClN2O2. The lowest BCUT2D eigenvalue weighted by atomic mass is 9.83. The molecule has 114 valence electrons. The number of benzene rings is 1. The van der Waals surface area contributed by atoms with Gasteiger partial charge < -0.3 is 15.1 Å². The maximum atomic E-state index is 12.3. The highest BCUT2D eigenvalue weighted by molar-refractivity contribution is 6.05. The Morgan fingerprint density at radius 3 is 3.00 bits per heavy atom. The minimum atomic E-state index is -0.0539. The minimum Gasteiger partial charge on any atom is -0.463 e. The van der Waals surface area contributed by atoms with Crippen molar-refractivity contribution in [3.63, 3.8) is 0 Å². The Balaban J connectivity index is 0.00000161. The summed E-state index contributed by atoms with van der Waals surface area (Å²) in [5, 5.41) is 7.31. The van der Waals surface area contributed by atoms with Gasteiger partial charge in [0.15, 0.2) is 0 Å². The summed E-state index contributed by atoms with van der Waals surface area (Å²) in [6.45, 7) is 4.95. The molecule has 1 amide bonds. The van der Waals surface area contributed by atoms with Gasteiger partial charge in [-0.1, -0.05) is 25.1 Å². The maximum absolute atomic E-state index is 12.3. The zero-order chi connectivity index (χ0) is 14.0. The van der Waals surface area contributed by atoms with Gasteiger partial charge in [-0.2, -0.15) is 0 Å². The first-order chi connectivity index (χ1) is 9.68. The Hall–Kier alpha value is -1.52. The van der Waals surface area contributed by atoms with Crippen LogP contribution in [0.3, 0.4) is 0 Å². The third kappa shape index (κ3) is 3.39. The van der Waals surface area contributed by atoms with Crippen molar-refractivity contribution in [3.05, 3.63) is 36.1 Å². The zero-order valence-electron chi connectivity index (χ0n) is 12.1. The first-order valence-corrected chi connectivity index (χ1v) is 7.13. The van der Waals surface area contributed by atoms with Gasteiger partial charge >= 0.3 is 0 Å². The Morgan fingerprint density at radius 2 is 2.24 bits per heavy atom. The van der Waals surface area contributed by atoms with Gasteiger partial charge in [-0.3, -0.25) is 4.79 Å². The number of halogens is 1. The lowest BCUT2D eigenvalue weighted by Crippen LogP contribution is -2.45. The van der Waals surface area contributed by atoms with Crippen LogP contribution in [-0.4, -0.2) is 25.5 Å². The van der Waals surface area contributed by atoms with Crippen molar-refractivity contribution in [2.75, 3.05) is 19.6 Å². The normalized spacial score (nSPS) is 21.8. The van der Waals surface area contributed by atoms with Crippen molar-refractivity contribution in [1.82, 2.24) is 10.6 Å². The molecule has 1 saturated heterocycles. The van der Waals surface area contributed by atoms with E-state index in [0.29, 0.717) is 12.1 Å². The topological polar surface area (TPSA) is 54.3 Å². The van der Waals surface area contributed by atoms with Crippen LogP contribution in [0.25, 0.3) is 11.0 Å². The molecule has 0 spiro atoms. The molecule has 1 aliphatic rings. The summed E-state index contributed by atoms with van der Waals surface area (Å²) in [6, 6.07) is 7.61. The third-order valence-corrected chi connectivity index (χ3v) is 4.09. The summed E-state index contributed by atoms with van der Waals surface area (Å²) < 4.78 is 5.41. The summed E-state index contributed by atoms with van der Waals surface area (Å²) in [5.74, 6) is -0.0539. The second kappa shape index (κ2) is 6.50. The number of amides is 1. The molecule has 3 rings (SSSR count). The van der Waals surface area contributed by atoms with Gasteiger partial charge in [-0.05, 0) is 30.9 Å². The number of hydrogen-bond donors (Lipinski definition) is 2. The number of nitrogens with one attached hydrogen (secondary N) is 2. The zero-order valence-corrected chi connectivity index (χ0v) is 13.0. The van der Waals surface area contributed by atoms with Crippen LogP contribution in [0.15, 0.2) is 34.9 Å². The average Bonchev–Trinajstić information content (AvgIpc) is 2.90. The van der Waals surface area contributed by atoms with E-state index in [0.717, 1.165) is 30.5 Å². The Morgan fingerprint density at radius 1 is 1.43 bits per heavy atom. The molecule has 1 unspecified atom stereocenters. The van der Waals surface area contributed by atoms with Crippen LogP contribution >= 0.6 is 12.4 Å². The number of rotatable bonds is 3. The molecular weight excluding hydrogens is 288 g/mol. The van der Waals surface area contributed by atoms with Gasteiger partial charge in [0, 0.05) is 18.5 Å². The second-order valence-electron chi connectivity index (χ2n) is 5.92. The lowest BCUT2D eigenvalue weighted by molar-refractivity contribution is 0.0925. The number of piperidine rings is 1. The maximum Gasteiger partial charge on any atom is 0.255 e. The average molecular weight is 309 g/mol. The minimum absolute atomic E-state index is 0. The molecule has 2 heterocycles. The fourth-order valence-electron chi connectivity index (χ4n) is 2.81. The van der Waals surface area contributed by atoms with Crippen LogP contribution in [0.1, 0.15) is 30.1 Å². The molecule has 2 N–H and O–H groups in total. The molecule has 0 bridgehead atoms. The number of para-hydroxylation sites is 1. The smallest absolute Gasteiger partial charge is 0.255 e. The number of fused-ring (bicyclic) bond motifs is 1. The molecule has 1 aliphatic heterocycles. The quantitative estimate of drug-likeness (QED) is 0.916. The molecule has 0 radical (unpaired) electrons. The Bertz CT molecular complexity index is 618. The van der Waals surface area contributed by atoms with Crippen molar-refractivity contribution in [2.45, 2.75) is 19.8 Å². The van der Waals surface area contributed by atoms with Gasteiger partial charge in [-0.15, -0.1) is 12.4 Å². The highest BCUT2D eigenvalue weighted by atomic mass is 35.5. The summed E-state index contributed by atoms with van der Waals surface area (Å²) in [7, 11) is 0. The molecule has 1 fully saturated rings. The van der Waals surface area contributed by atoms with Crippen LogP contribution in [0, 0.1) is 5.41 Å². The van der Waals surface area contributed by atoms with E-state index in [9.17, 15) is 4.79 Å². The van der Waals surface area contributed by atoms with E-state index in [1.54, 1.807) is 6.26 Å². The van der Waals surface area contributed by atoms with E-state index < -0.39 is 0 Å². The fraction of sp³-hybridized carbons (Fsp3) is 0.438. The summed E-state index contributed by atoms with van der Waals surface area (Å²) in [6.07, 6.45) is 3.86. The van der Waals surface area contributed by atoms with E-state index in [4.69, 9.17) is 4.42 Å². The van der Waals surface area contributed by atoms with Crippen molar-refractivity contribution >= 4 is 29.3 Å². The molecule has 0 saturated carbocycles. The van der Waals surface area contributed by atoms with Crippen molar-refractivity contribution in [1.29, 1.82) is 0 Å². The largest absolute Gasteiger partial charge is 0.463 e. The van der Waals surface area contributed by atoms with Crippen LogP contribution < -0.4 is 10.6 Å². The number of furan rings is 1. The molecule has 1 aromatic carbocycles. The Kier molecular flexibility index (Phi) is 4.91. The molecule has 4 nitrogen and oxygen atoms in total. The summed E-state index contributed by atoms with van der Waals surface area (Å²) in [4.78, 5) is 12.3. The third-order valence-electron chi connectivity index (χ3n) is 4.09. The first kappa shape index (κ1) is 15.9. The van der Waals surface area contributed by atoms with Gasteiger partial charge in [0.2, 0.25) is 0 Å². The summed E-state index contributed by atoms with van der Waals surface area (Å²) in [5.41, 5.74) is 1.52. The highest BCUT2D eigenvalue weighted by Gasteiger charge is 2.27. The SMILES string of the molecule is CC1(CNC(=O)c2coc3ccccc23)CCCNC1.Cl. The molecule has 5 heteroatoms. The monoisotopic (exact) mass is 308 g/mol. The van der Waals surface area contributed by atoms with Crippen LogP contribution in [0.2, 0.25) is 0 Å². The fourth-order valence-corrected chi connectivity index (χ4v) is 2.81. The van der Waals surface area contributed by atoms with Gasteiger partial charge in [0.1, 0.15) is 11.8 Å². The number of hydrogen-bond acceptors (Lipinski definition) is 3. The van der Waals surface area contributed by atoms with Crippen molar-refractivity contribution in [2.24, 2.45) is 5.41 Å². The highest BCUT2D eigenvalue weighted by Crippen LogP contribution is 2.25. The lowest BCUT2D eigenvalue weighted by Gasteiger charge is -2.34. The predicted molar refractivity (Wildman–Crippen MR) is 86.0 cm³/mol. The number of carbonyl (C=O) groups is 1. The van der Waals surface area contributed by atoms with Crippen molar-refractivity contribution < 1.29 is 9.21 Å². The van der Waals surface area contributed by atoms with Gasteiger partial charge in [0.05, 0.1) is 5.56 Å². The van der Waals surface area contributed by atoms with E-state index in [1.165, 1.54) is 6.42 Å². The van der Waals surface area contributed by atoms with Crippen LogP contribution in [0.4, 0.5) is 0 Å². The second-order valence-corrected chi connectivity index (χ2v) is 5.92. The standard InChI is InChI=1S/C16H20N2O2.ClH/c1-16(7-4-8-17-10-16)11-18-15(19)13-9-20-14-6-3-2-5-12(13)14;/h2-3,5-6,9,17H,4,7-8,10-11H2,1H3,(H,18,19);1H. The van der Waals surface area contributed by atoms with Gasteiger partial charge in [-0.25, -0.2) is 0 Å². The van der Waals surface area contributed by atoms with E-state index in [-0.39, 0.29) is 23.7 Å². The van der Waals surface area contributed by atoms with E-state index >= 15 is 0 Å². The van der Waals surface area contributed by atoms with Crippen LogP contribution in [-0.2, 0) is 0 Å². The molecule has 1 aromatic heterocycles. The van der Waals surface area contributed by atoms with Crippen molar-refractivity contribution in [3.8, 4) is 0 Å². The Labute approximate surface area is 130 Å². The molecule has 1 atom stereocenters. The first-order valence-electron chi connectivity index (χ1n) is 7.13.